The number of unbranched alkanes of at least 4 members (excludes halogenated alkanes) is 1. The molecule has 3 heteroatoms. The first-order valence-electron chi connectivity index (χ1n) is 8.25. The van der Waals surface area contributed by atoms with E-state index in [4.69, 9.17) is 14.2 Å². The number of rotatable bonds is 9. The summed E-state index contributed by atoms with van der Waals surface area (Å²) in [6.07, 6.45) is 1.95. The smallest absolute Gasteiger partial charge is 0.122 e. The maximum Gasteiger partial charge on any atom is 0.122 e. The van der Waals surface area contributed by atoms with Crippen LogP contribution in [0.25, 0.3) is 0 Å². The summed E-state index contributed by atoms with van der Waals surface area (Å²) in [6.45, 7) is 8.28. The number of aryl methyl sites for hydroxylation is 1. The molecule has 0 aliphatic carbocycles. The van der Waals surface area contributed by atoms with Gasteiger partial charge in [0.25, 0.3) is 0 Å². The Morgan fingerprint density at radius 2 is 1.35 bits per heavy atom. The molecule has 0 N–H and O–H groups in total. The lowest BCUT2D eigenvalue weighted by Gasteiger charge is -2.11. The highest BCUT2D eigenvalue weighted by Gasteiger charge is 2.01. The maximum absolute atomic E-state index is 5.84. The summed E-state index contributed by atoms with van der Waals surface area (Å²) in [7, 11) is 0. The molecule has 0 atom stereocenters. The van der Waals surface area contributed by atoms with Crippen LogP contribution < -0.4 is 14.2 Å². The minimum absolute atomic E-state index is 0.681. The van der Waals surface area contributed by atoms with Gasteiger partial charge in [0.05, 0.1) is 19.8 Å². The number of hydrogen-bond donors (Lipinski definition) is 0. The first kappa shape index (κ1) is 17.2. The van der Waals surface area contributed by atoms with Gasteiger partial charge in [-0.1, -0.05) is 12.1 Å². The highest BCUT2D eigenvalue weighted by Crippen LogP contribution is 2.21. The molecule has 0 spiro atoms. The number of benzene rings is 2. The second kappa shape index (κ2) is 9.09. The van der Waals surface area contributed by atoms with Gasteiger partial charge in [-0.25, -0.2) is 0 Å². The van der Waals surface area contributed by atoms with E-state index < -0.39 is 0 Å². The zero-order valence-electron chi connectivity index (χ0n) is 14.3. The highest BCUT2D eigenvalue weighted by molar-refractivity contribution is 5.38. The molecule has 2 rings (SSSR count). The molecule has 23 heavy (non-hydrogen) atoms. The Morgan fingerprint density at radius 3 is 2.00 bits per heavy atom. The summed E-state index contributed by atoms with van der Waals surface area (Å²) in [5.41, 5.74) is 2.49. The van der Waals surface area contributed by atoms with Crippen LogP contribution in [0.5, 0.6) is 17.2 Å². The molecule has 2 aromatic carbocycles. The van der Waals surface area contributed by atoms with Crippen LogP contribution >= 0.6 is 0 Å². The minimum Gasteiger partial charge on any atom is -0.494 e. The van der Waals surface area contributed by atoms with Crippen molar-refractivity contribution >= 4 is 0 Å². The van der Waals surface area contributed by atoms with Gasteiger partial charge in [-0.2, -0.15) is 0 Å². The molecular formula is C20H26O3. The van der Waals surface area contributed by atoms with Gasteiger partial charge in [0.1, 0.15) is 17.2 Å². The highest BCUT2D eigenvalue weighted by atomic mass is 16.5. The summed E-state index contributed by atoms with van der Waals surface area (Å²) in [5.74, 6) is 2.74. The summed E-state index contributed by atoms with van der Waals surface area (Å²) in [5, 5.41) is 0. The first-order chi connectivity index (χ1) is 11.2. The van der Waals surface area contributed by atoms with E-state index in [0.717, 1.165) is 36.7 Å². The van der Waals surface area contributed by atoms with Gasteiger partial charge < -0.3 is 14.2 Å². The zero-order valence-corrected chi connectivity index (χ0v) is 14.3. The van der Waals surface area contributed by atoms with Crippen LogP contribution in [0.1, 0.15) is 30.9 Å². The fraction of sp³-hybridized carbons (Fsp3) is 0.400. The van der Waals surface area contributed by atoms with Crippen molar-refractivity contribution < 1.29 is 14.2 Å². The molecule has 3 nitrogen and oxygen atoms in total. The largest absolute Gasteiger partial charge is 0.494 e. The van der Waals surface area contributed by atoms with E-state index >= 15 is 0 Å². The fourth-order valence-corrected chi connectivity index (χ4v) is 2.26. The van der Waals surface area contributed by atoms with Crippen LogP contribution in [0.4, 0.5) is 0 Å². The van der Waals surface area contributed by atoms with Crippen molar-refractivity contribution in [2.45, 2.75) is 33.6 Å². The summed E-state index contributed by atoms with van der Waals surface area (Å²) in [6, 6.07) is 13.9. The van der Waals surface area contributed by atoms with E-state index in [1.807, 2.05) is 43.3 Å². The quantitative estimate of drug-likeness (QED) is 0.614. The molecule has 0 unspecified atom stereocenters. The molecule has 0 fully saturated rings. The van der Waals surface area contributed by atoms with E-state index in [0.29, 0.717) is 13.2 Å². The summed E-state index contributed by atoms with van der Waals surface area (Å²) in [4.78, 5) is 0. The molecule has 0 radical (unpaired) electrons. The zero-order chi connectivity index (χ0) is 16.5. The van der Waals surface area contributed by atoms with E-state index in [1.54, 1.807) is 0 Å². The van der Waals surface area contributed by atoms with Gasteiger partial charge in [-0.15, -0.1) is 0 Å². The van der Waals surface area contributed by atoms with Crippen molar-refractivity contribution in [1.29, 1.82) is 0 Å². The van der Waals surface area contributed by atoms with E-state index in [2.05, 4.69) is 19.9 Å². The van der Waals surface area contributed by atoms with Gasteiger partial charge in [-0.3, -0.25) is 0 Å². The van der Waals surface area contributed by atoms with Crippen molar-refractivity contribution in [2.24, 2.45) is 0 Å². The standard InChI is InChI=1S/C20H26O3/c1-4-21-18-10-12-19(13-11-18)22-14-5-6-15-23-20-9-7-8-16(2)17(20)3/h7-13H,4-6,14-15H2,1-3H3. The Kier molecular flexibility index (Phi) is 6.79. The molecule has 0 aromatic heterocycles. The average molecular weight is 314 g/mol. The molecule has 0 aliphatic rings. The summed E-state index contributed by atoms with van der Waals surface area (Å²) < 4.78 is 17.0. The Bertz CT molecular complexity index is 590. The lowest BCUT2D eigenvalue weighted by Crippen LogP contribution is -2.03. The molecule has 0 amide bonds. The lowest BCUT2D eigenvalue weighted by atomic mass is 10.1. The predicted octanol–water partition coefficient (Wildman–Crippen LogP) is 4.94. The van der Waals surface area contributed by atoms with Gasteiger partial charge >= 0.3 is 0 Å². The minimum atomic E-state index is 0.681. The van der Waals surface area contributed by atoms with E-state index in [-0.39, 0.29) is 0 Å². The Balaban J connectivity index is 1.63. The van der Waals surface area contributed by atoms with Gasteiger partial charge in [0, 0.05) is 0 Å². The van der Waals surface area contributed by atoms with Crippen LogP contribution in [0.3, 0.4) is 0 Å². The van der Waals surface area contributed by atoms with Crippen LogP contribution in [0.2, 0.25) is 0 Å². The van der Waals surface area contributed by atoms with E-state index in [1.165, 1.54) is 11.1 Å². The molecular weight excluding hydrogens is 288 g/mol. The molecule has 0 bridgehead atoms. The average Bonchev–Trinajstić information content (AvgIpc) is 2.56. The fourth-order valence-electron chi connectivity index (χ4n) is 2.26. The lowest BCUT2D eigenvalue weighted by molar-refractivity contribution is 0.265. The number of hydrogen-bond acceptors (Lipinski definition) is 3. The van der Waals surface area contributed by atoms with Crippen LogP contribution in [-0.2, 0) is 0 Å². The first-order valence-corrected chi connectivity index (χ1v) is 8.25. The van der Waals surface area contributed by atoms with Crippen LogP contribution in [0.15, 0.2) is 42.5 Å². The van der Waals surface area contributed by atoms with Gasteiger partial charge in [0.15, 0.2) is 0 Å². The van der Waals surface area contributed by atoms with Crippen molar-refractivity contribution in [3.63, 3.8) is 0 Å². The molecule has 0 saturated carbocycles. The van der Waals surface area contributed by atoms with Crippen LogP contribution in [-0.4, -0.2) is 19.8 Å². The van der Waals surface area contributed by atoms with Crippen LogP contribution in [0, 0.1) is 13.8 Å². The predicted molar refractivity (Wildman–Crippen MR) is 93.8 cm³/mol. The molecule has 2 aromatic rings. The third kappa shape index (κ3) is 5.51. The second-order valence-corrected chi connectivity index (χ2v) is 5.51. The molecule has 0 heterocycles. The number of ether oxygens (including phenoxy) is 3. The molecule has 0 saturated heterocycles. The second-order valence-electron chi connectivity index (χ2n) is 5.51. The summed E-state index contributed by atoms with van der Waals surface area (Å²) >= 11 is 0. The van der Waals surface area contributed by atoms with E-state index in [9.17, 15) is 0 Å². The van der Waals surface area contributed by atoms with Gasteiger partial charge in [-0.05, 0) is 75.1 Å². The molecule has 0 aliphatic heterocycles. The Hall–Kier alpha value is -2.16. The maximum atomic E-state index is 5.84. The van der Waals surface area contributed by atoms with Crippen molar-refractivity contribution in [2.75, 3.05) is 19.8 Å². The SMILES string of the molecule is CCOc1ccc(OCCCCOc2cccc(C)c2C)cc1. The topological polar surface area (TPSA) is 27.7 Å². The molecule has 124 valence electrons. The van der Waals surface area contributed by atoms with Crippen molar-refractivity contribution in [1.82, 2.24) is 0 Å². The Labute approximate surface area is 139 Å². The third-order valence-electron chi connectivity index (χ3n) is 3.75. The Morgan fingerprint density at radius 1 is 0.739 bits per heavy atom. The normalized spacial score (nSPS) is 10.4. The third-order valence-corrected chi connectivity index (χ3v) is 3.75. The monoisotopic (exact) mass is 314 g/mol. The van der Waals surface area contributed by atoms with Crippen molar-refractivity contribution in [3.8, 4) is 17.2 Å². The van der Waals surface area contributed by atoms with Gasteiger partial charge in [0.2, 0.25) is 0 Å². The van der Waals surface area contributed by atoms with Crippen molar-refractivity contribution in [3.05, 3.63) is 53.6 Å².